The van der Waals surface area contributed by atoms with Gasteiger partial charge < -0.3 is 9.84 Å². The van der Waals surface area contributed by atoms with E-state index in [1.165, 1.54) is 0 Å². The van der Waals surface area contributed by atoms with Gasteiger partial charge in [0.25, 0.3) is 0 Å². The molecule has 0 saturated heterocycles. The van der Waals surface area contributed by atoms with Gasteiger partial charge in [-0.1, -0.05) is 6.92 Å². The molecule has 0 amide bonds. The molecule has 0 aliphatic heterocycles. The van der Waals surface area contributed by atoms with Crippen LogP contribution in [0.5, 0.6) is 0 Å². The molecule has 3 nitrogen and oxygen atoms in total. The van der Waals surface area contributed by atoms with Gasteiger partial charge in [-0.15, -0.1) is 0 Å². The van der Waals surface area contributed by atoms with Gasteiger partial charge in [0.1, 0.15) is 0 Å². The minimum Gasteiger partial charge on any atom is -0.481 e. The van der Waals surface area contributed by atoms with E-state index in [0.29, 0.717) is 6.42 Å². The van der Waals surface area contributed by atoms with Gasteiger partial charge >= 0.3 is 5.97 Å². The fraction of sp³-hybridized carbons (Fsp3) is 0.909. The highest BCUT2D eigenvalue weighted by molar-refractivity contribution is 5.69. The van der Waals surface area contributed by atoms with Crippen LogP contribution in [0.4, 0.5) is 0 Å². The van der Waals surface area contributed by atoms with Crippen molar-refractivity contribution in [1.82, 2.24) is 0 Å². The molecule has 0 saturated carbocycles. The summed E-state index contributed by atoms with van der Waals surface area (Å²) in [6.45, 7) is 9.73. The topological polar surface area (TPSA) is 46.5 Å². The highest BCUT2D eigenvalue weighted by Gasteiger charge is 2.17. The molecule has 1 N–H and O–H groups in total. The lowest BCUT2D eigenvalue weighted by molar-refractivity contribution is -0.141. The molecule has 0 aliphatic rings. The summed E-state index contributed by atoms with van der Waals surface area (Å²) in [5, 5.41) is 8.69. The van der Waals surface area contributed by atoms with E-state index in [1.54, 1.807) is 6.92 Å². The van der Waals surface area contributed by atoms with E-state index < -0.39 is 5.97 Å². The molecule has 0 aromatic carbocycles. The van der Waals surface area contributed by atoms with E-state index >= 15 is 0 Å². The number of aliphatic carboxylic acids is 1. The van der Waals surface area contributed by atoms with Crippen molar-refractivity contribution >= 4 is 5.97 Å². The van der Waals surface area contributed by atoms with E-state index in [-0.39, 0.29) is 17.6 Å². The number of ether oxygens (including phenoxy) is 1. The summed E-state index contributed by atoms with van der Waals surface area (Å²) >= 11 is 0. The summed E-state index contributed by atoms with van der Waals surface area (Å²) in [4.78, 5) is 10.6. The maximum absolute atomic E-state index is 10.6. The van der Waals surface area contributed by atoms with Crippen LogP contribution in [0.1, 0.15) is 47.5 Å². The Bertz CT molecular complexity index is 181. The molecular formula is C11H22O3. The van der Waals surface area contributed by atoms with Crippen molar-refractivity contribution < 1.29 is 14.6 Å². The second-order valence-corrected chi connectivity index (χ2v) is 4.86. The molecule has 0 heterocycles. The van der Waals surface area contributed by atoms with Gasteiger partial charge in [0, 0.05) is 0 Å². The first-order valence-electron chi connectivity index (χ1n) is 5.13. The van der Waals surface area contributed by atoms with Crippen molar-refractivity contribution in [2.45, 2.75) is 59.2 Å². The van der Waals surface area contributed by atoms with Crippen LogP contribution in [0, 0.1) is 5.92 Å². The van der Waals surface area contributed by atoms with Crippen LogP contribution in [0.3, 0.4) is 0 Å². The van der Waals surface area contributed by atoms with Crippen molar-refractivity contribution in [3.05, 3.63) is 0 Å². The third-order valence-electron chi connectivity index (χ3n) is 1.98. The Morgan fingerprint density at radius 3 is 2.14 bits per heavy atom. The van der Waals surface area contributed by atoms with Gasteiger partial charge in [-0.2, -0.15) is 0 Å². The standard InChI is InChI=1S/C11H22O3/c1-8(10(12)13)6-7-9(2)14-11(3,4)5/h8-9H,6-7H2,1-5H3,(H,12,13). The molecule has 0 spiro atoms. The van der Waals surface area contributed by atoms with Crippen LogP contribution < -0.4 is 0 Å². The third-order valence-corrected chi connectivity index (χ3v) is 1.98. The van der Waals surface area contributed by atoms with E-state index in [2.05, 4.69) is 0 Å². The third kappa shape index (κ3) is 6.89. The van der Waals surface area contributed by atoms with Crippen molar-refractivity contribution in [3.8, 4) is 0 Å². The molecule has 2 unspecified atom stereocenters. The van der Waals surface area contributed by atoms with E-state index in [0.717, 1.165) is 6.42 Å². The second-order valence-electron chi connectivity index (χ2n) is 4.86. The molecule has 3 heteroatoms. The Morgan fingerprint density at radius 2 is 1.79 bits per heavy atom. The zero-order chi connectivity index (χ0) is 11.4. The number of hydrogen-bond acceptors (Lipinski definition) is 2. The van der Waals surface area contributed by atoms with Crippen LogP contribution in [0.25, 0.3) is 0 Å². The first-order chi connectivity index (χ1) is 6.22. The molecule has 0 bridgehead atoms. The summed E-state index contributed by atoms with van der Waals surface area (Å²) in [6, 6.07) is 0. The van der Waals surface area contributed by atoms with Gasteiger partial charge in [0.2, 0.25) is 0 Å². The number of hydrogen-bond donors (Lipinski definition) is 1. The van der Waals surface area contributed by atoms with Crippen molar-refractivity contribution in [3.63, 3.8) is 0 Å². The number of carbonyl (C=O) groups is 1. The van der Waals surface area contributed by atoms with Gasteiger partial charge in [-0.3, -0.25) is 4.79 Å². The number of rotatable bonds is 5. The van der Waals surface area contributed by atoms with Gasteiger partial charge in [0.15, 0.2) is 0 Å². The Morgan fingerprint density at radius 1 is 1.29 bits per heavy atom. The highest BCUT2D eigenvalue weighted by Crippen LogP contribution is 2.16. The summed E-state index contributed by atoms with van der Waals surface area (Å²) in [6.07, 6.45) is 1.59. The largest absolute Gasteiger partial charge is 0.481 e. The Labute approximate surface area is 86.5 Å². The number of carboxylic acids is 1. The summed E-state index contributed by atoms with van der Waals surface area (Å²) in [5.74, 6) is -1.01. The lowest BCUT2D eigenvalue weighted by Gasteiger charge is -2.25. The molecular weight excluding hydrogens is 180 g/mol. The molecule has 0 aromatic rings. The molecule has 0 aromatic heterocycles. The molecule has 0 rings (SSSR count). The lowest BCUT2D eigenvalue weighted by atomic mass is 10.0. The van der Waals surface area contributed by atoms with Crippen molar-refractivity contribution in [2.75, 3.05) is 0 Å². The Balaban J connectivity index is 3.74. The normalized spacial score (nSPS) is 16.4. The Kier molecular flexibility index (Phi) is 5.13. The zero-order valence-electron chi connectivity index (χ0n) is 9.83. The first kappa shape index (κ1) is 13.4. The maximum atomic E-state index is 10.6. The van der Waals surface area contributed by atoms with Crippen LogP contribution in [0.2, 0.25) is 0 Å². The first-order valence-corrected chi connectivity index (χ1v) is 5.13. The predicted octanol–water partition coefficient (Wildman–Crippen LogP) is 2.69. The highest BCUT2D eigenvalue weighted by atomic mass is 16.5. The van der Waals surface area contributed by atoms with Crippen LogP contribution in [-0.4, -0.2) is 22.8 Å². The minimum atomic E-state index is -0.729. The smallest absolute Gasteiger partial charge is 0.306 e. The van der Waals surface area contributed by atoms with Gasteiger partial charge in [-0.25, -0.2) is 0 Å². The summed E-state index contributed by atoms with van der Waals surface area (Å²) in [5.41, 5.74) is -0.147. The van der Waals surface area contributed by atoms with Crippen molar-refractivity contribution in [2.24, 2.45) is 5.92 Å². The van der Waals surface area contributed by atoms with E-state index in [1.807, 2.05) is 27.7 Å². The molecule has 0 fully saturated rings. The van der Waals surface area contributed by atoms with Crippen LogP contribution in [-0.2, 0) is 9.53 Å². The fourth-order valence-electron chi connectivity index (χ4n) is 1.27. The number of carboxylic acid groups (broad SMARTS) is 1. The molecule has 0 aliphatic carbocycles. The Hall–Kier alpha value is -0.570. The van der Waals surface area contributed by atoms with Crippen LogP contribution in [0.15, 0.2) is 0 Å². The predicted molar refractivity (Wildman–Crippen MR) is 56.3 cm³/mol. The summed E-state index contributed by atoms with van der Waals surface area (Å²) in [7, 11) is 0. The quantitative estimate of drug-likeness (QED) is 0.745. The SMILES string of the molecule is CC(CCC(C)C(=O)O)OC(C)(C)C. The van der Waals surface area contributed by atoms with Crippen LogP contribution >= 0.6 is 0 Å². The minimum absolute atomic E-state index is 0.122. The molecule has 14 heavy (non-hydrogen) atoms. The molecule has 0 radical (unpaired) electrons. The molecule has 84 valence electrons. The molecule has 2 atom stereocenters. The average Bonchev–Trinajstić information content (AvgIpc) is 1.96. The maximum Gasteiger partial charge on any atom is 0.306 e. The van der Waals surface area contributed by atoms with E-state index in [9.17, 15) is 4.79 Å². The lowest BCUT2D eigenvalue weighted by Crippen LogP contribution is -2.26. The summed E-state index contributed by atoms with van der Waals surface area (Å²) < 4.78 is 5.67. The van der Waals surface area contributed by atoms with Gasteiger partial charge in [-0.05, 0) is 40.5 Å². The van der Waals surface area contributed by atoms with Crippen molar-refractivity contribution in [1.29, 1.82) is 0 Å². The monoisotopic (exact) mass is 202 g/mol. The van der Waals surface area contributed by atoms with E-state index in [4.69, 9.17) is 9.84 Å². The zero-order valence-corrected chi connectivity index (χ0v) is 9.83. The van der Waals surface area contributed by atoms with Gasteiger partial charge in [0.05, 0.1) is 17.6 Å². The second kappa shape index (κ2) is 5.35. The average molecular weight is 202 g/mol. The fourth-order valence-corrected chi connectivity index (χ4v) is 1.27.